The molecule has 3 heterocycles. The van der Waals surface area contributed by atoms with Crippen molar-refractivity contribution in [1.29, 1.82) is 0 Å². The van der Waals surface area contributed by atoms with Gasteiger partial charge in [-0.05, 0) is 24.3 Å². The lowest BCUT2D eigenvalue weighted by molar-refractivity contribution is -0.122. The fourth-order valence-electron chi connectivity index (χ4n) is 2.93. The number of amides is 4. The number of hydrogen-bond acceptors (Lipinski definition) is 5. The van der Waals surface area contributed by atoms with E-state index in [1.165, 1.54) is 11.3 Å². The number of thioether (sulfide) groups is 1. The summed E-state index contributed by atoms with van der Waals surface area (Å²) in [5.74, 6) is 0.465. The molecular formula is C15H20N4O3S2. The molecule has 4 N–H and O–H groups in total. The van der Waals surface area contributed by atoms with Crippen LogP contribution in [0.1, 0.15) is 35.4 Å². The number of fused-ring (bicyclic) bond motifs is 1. The summed E-state index contributed by atoms with van der Waals surface area (Å²) >= 11 is 3.20. The first-order valence-electron chi connectivity index (χ1n) is 7.95. The molecule has 2 saturated heterocycles. The van der Waals surface area contributed by atoms with E-state index in [0.717, 1.165) is 25.0 Å². The summed E-state index contributed by atoms with van der Waals surface area (Å²) < 4.78 is 0. The molecule has 9 heteroatoms. The molecule has 2 fully saturated rings. The van der Waals surface area contributed by atoms with Gasteiger partial charge in [-0.2, -0.15) is 11.8 Å². The second-order valence-corrected chi connectivity index (χ2v) is 8.07. The Hall–Kier alpha value is -1.74. The van der Waals surface area contributed by atoms with Crippen LogP contribution in [0.2, 0.25) is 0 Å². The van der Waals surface area contributed by atoms with Gasteiger partial charge in [0.1, 0.15) is 0 Å². The largest absolute Gasteiger partial charge is 0.332 e. The summed E-state index contributed by atoms with van der Waals surface area (Å²) in [6.07, 6.45) is 3.03. The van der Waals surface area contributed by atoms with E-state index in [4.69, 9.17) is 0 Å². The minimum Gasteiger partial charge on any atom is -0.332 e. The number of nitrogens with one attached hydrogen (secondary N) is 4. The van der Waals surface area contributed by atoms with E-state index in [2.05, 4.69) is 21.5 Å². The minimum absolute atomic E-state index is 0.0730. The van der Waals surface area contributed by atoms with Gasteiger partial charge in [0.05, 0.1) is 17.0 Å². The third-order valence-electron chi connectivity index (χ3n) is 4.14. The maximum absolute atomic E-state index is 11.7. The van der Waals surface area contributed by atoms with E-state index in [1.807, 2.05) is 17.1 Å². The number of thiophene rings is 1. The molecule has 0 radical (unpaired) electrons. The van der Waals surface area contributed by atoms with Crippen molar-refractivity contribution in [3.63, 3.8) is 0 Å². The summed E-state index contributed by atoms with van der Waals surface area (Å²) in [7, 11) is 0. The molecule has 0 aliphatic carbocycles. The Morgan fingerprint density at radius 2 is 2.12 bits per heavy atom. The fraction of sp³-hybridized carbons (Fsp3) is 0.533. The highest BCUT2D eigenvalue weighted by Gasteiger charge is 2.42. The van der Waals surface area contributed by atoms with Crippen molar-refractivity contribution in [2.75, 3.05) is 5.75 Å². The average molecular weight is 368 g/mol. The van der Waals surface area contributed by atoms with E-state index in [-0.39, 0.29) is 29.9 Å². The molecular weight excluding hydrogens is 348 g/mol. The molecule has 3 atom stereocenters. The summed E-state index contributed by atoms with van der Waals surface area (Å²) in [6.45, 7) is 0. The van der Waals surface area contributed by atoms with Gasteiger partial charge >= 0.3 is 6.03 Å². The Balaban J connectivity index is 1.29. The van der Waals surface area contributed by atoms with Gasteiger partial charge in [-0.3, -0.25) is 20.4 Å². The standard InChI is InChI=1S/C15H20N4O3S2/c20-12(18-19-14(21)11-5-3-7-23-11)6-2-1-4-10-13-9(8-24-10)16-15(22)17-13/h3,5,7,9-10,13H,1-2,4,6,8H2,(H,18,20)(H,19,21)(H2,16,17,22). The van der Waals surface area contributed by atoms with Crippen molar-refractivity contribution in [3.8, 4) is 0 Å². The molecule has 1 aromatic rings. The Bertz CT molecular complexity index is 608. The minimum atomic E-state index is -0.295. The lowest BCUT2D eigenvalue weighted by atomic mass is 10.0. The molecule has 0 saturated carbocycles. The van der Waals surface area contributed by atoms with Gasteiger partial charge in [-0.1, -0.05) is 12.5 Å². The highest BCUT2D eigenvalue weighted by molar-refractivity contribution is 8.00. The molecule has 2 aliphatic rings. The first-order valence-corrected chi connectivity index (χ1v) is 9.87. The zero-order chi connectivity index (χ0) is 16.9. The molecule has 2 aliphatic heterocycles. The Kier molecular flexibility index (Phi) is 5.62. The molecule has 7 nitrogen and oxygen atoms in total. The van der Waals surface area contributed by atoms with Crippen LogP contribution in [0.5, 0.6) is 0 Å². The van der Waals surface area contributed by atoms with E-state index in [1.54, 1.807) is 12.1 Å². The first-order chi connectivity index (χ1) is 11.6. The van der Waals surface area contributed by atoms with Gasteiger partial charge < -0.3 is 10.6 Å². The third-order valence-corrected chi connectivity index (χ3v) is 6.52. The molecule has 3 unspecified atom stereocenters. The Morgan fingerprint density at radius 3 is 2.92 bits per heavy atom. The summed E-state index contributed by atoms with van der Waals surface area (Å²) in [6, 6.07) is 3.87. The molecule has 4 amide bonds. The van der Waals surface area contributed by atoms with Crippen LogP contribution < -0.4 is 21.5 Å². The van der Waals surface area contributed by atoms with Crippen molar-refractivity contribution in [2.45, 2.75) is 43.0 Å². The Morgan fingerprint density at radius 1 is 1.25 bits per heavy atom. The number of urea groups is 1. The van der Waals surface area contributed by atoms with Gasteiger partial charge in [0.2, 0.25) is 5.91 Å². The van der Waals surface area contributed by atoms with Crippen molar-refractivity contribution < 1.29 is 14.4 Å². The summed E-state index contributed by atoms with van der Waals surface area (Å²) in [5.41, 5.74) is 4.85. The molecule has 1 aromatic heterocycles. The summed E-state index contributed by atoms with van der Waals surface area (Å²) in [5, 5.41) is 8.11. The van der Waals surface area contributed by atoms with Crippen molar-refractivity contribution in [2.24, 2.45) is 0 Å². The van der Waals surface area contributed by atoms with E-state index >= 15 is 0 Å². The highest BCUT2D eigenvalue weighted by Crippen LogP contribution is 2.33. The van der Waals surface area contributed by atoms with E-state index in [9.17, 15) is 14.4 Å². The van der Waals surface area contributed by atoms with Gasteiger partial charge in [0.25, 0.3) is 5.91 Å². The van der Waals surface area contributed by atoms with Crippen LogP contribution >= 0.6 is 23.1 Å². The Labute approximate surface area is 148 Å². The number of hydrazine groups is 1. The maximum Gasteiger partial charge on any atom is 0.315 e. The lowest BCUT2D eigenvalue weighted by Gasteiger charge is -2.16. The molecule has 0 bridgehead atoms. The van der Waals surface area contributed by atoms with Crippen LogP contribution in [-0.4, -0.2) is 40.9 Å². The van der Waals surface area contributed by atoms with Crippen molar-refractivity contribution in [1.82, 2.24) is 21.5 Å². The van der Waals surface area contributed by atoms with Crippen LogP contribution in [-0.2, 0) is 4.79 Å². The van der Waals surface area contributed by atoms with Crippen molar-refractivity contribution in [3.05, 3.63) is 22.4 Å². The summed E-state index contributed by atoms with van der Waals surface area (Å²) in [4.78, 5) is 35.3. The number of carbonyl (C=O) groups excluding carboxylic acids is 3. The predicted molar refractivity (Wildman–Crippen MR) is 93.9 cm³/mol. The van der Waals surface area contributed by atoms with Gasteiger partial charge in [0, 0.05) is 17.4 Å². The fourth-order valence-corrected chi connectivity index (χ4v) is 5.09. The van der Waals surface area contributed by atoms with Crippen LogP contribution in [0.3, 0.4) is 0 Å². The van der Waals surface area contributed by atoms with E-state index in [0.29, 0.717) is 16.5 Å². The predicted octanol–water partition coefficient (Wildman–Crippen LogP) is 1.23. The molecule has 3 rings (SSSR count). The molecule has 24 heavy (non-hydrogen) atoms. The molecule has 0 aromatic carbocycles. The number of rotatable bonds is 6. The average Bonchev–Trinajstić information content (AvgIpc) is 3.27. The SMILES string of the molecule is O=C(CCCCC1SCC2NC(=O)NC21)NNC(=O)c1cccs1. The number of unbranched alkanes of at least 4 members (excludes halogenated alkanes) is 1. The monoisotopic (exact) mass is 368 g/mol. The number of hydrogen-bond donors (Lipinski definition) is 4. The second kappa shape index (κ2) is 7.89. The van der Waals surface area contributed by atoms with Crippen LogP contribution in [0.15, 0.2) is 17.5 Å². The normalized spacial score (nSPS) is 24.8. The molecule has 130 valence electrons. The first kappa shape index (κ1) is 17.1. The zero-order valence-electron chi connectivity index (χ0n) is 13.0. The van der Waals surface area contributed by atoms with E-state index < -0.39 is 0 Å². The van der Waals surface area contributed by atoms with Gasteiger partial charge in [-0.25, -0.2) is 4.79 Å². The topological polar surface area (TPSA) is 99.3 Å². The third kappa shape index (κ3) is 4.21. The smallest absolute Gasteiger partial charge is 0.315 e. The van der Waals surface area contributed by atoms with Crippen LogP contribution in [0, 0.1) is 0 Å². The number of carbonyl (C=O) groups is 3. The van der Waals surface area contributed by atoms with Crippen LogP contribution in [0.25, 0.3) is 0 Å². The van der Waals surface area contributed by atoms with Gasteiger partial charge in [0.15, 0.2) is 0 Å². The zero-order valence-corrected chi connectivity index (χ0v) is 14.7. The second-order valence-electron chi connectivity index (χ2n) is 5.85. The van der Waals surface area contributed by atoms with Crippen LogP contribution in [0.4, 0.5) is 4.79 Å². The van der Waals surface area contributed by atoms with Gasteiger partial charge in [-0.15, -0.1) is 11.3 Å². The highest BCUT2D eigenvalue weighted by atomic mass is 32.2. The lowest BCUT2D eigenvalue weighted by Crippen LogP contribution is -2.41. The maximum atomic E-state index is 11.7. The molecule has 0 spiro atoms. The quantitative estimate of drug-likeness (QED) is 0.345. The van der Waals surface area contributed by atoms with Crippen molar-refractivity contribution >= 4 is 40.9 Å².